The third-order valence-electron chi connectivity index (χ3n) is 7.60. The van der Waals surface area contributed by atoms with Crippen molar-refractivity contribution in [2.75, 3.05) is 44.2 Å². The fraction of sp³-hybridized carbons (Fsp3) is 0.731. The van der Waals surface area contributed by atoms with E-state index in [0.717, 1.165) is 12.1 Å². The van der Waals surface area contributed by atoms with E-state index < -0.39 is 5.92 Å². The van der Waals surface area contributed by atoms with Crippen molar-refractivity contribution >= 4 is 42.3 Å². The van der Waals surface area contributed by atoms with Crippen LogP contribution in [0.25, 0.3) is 0 Å². The standard InChI is InChI=1S/C26H39F2N5O2.2ClH/c1-6-7-26(27,28)22-9-21-20(11-30-22)25(4,5)16-33(21)24(35)15-31-13-18(3)29-10-19(31)14-32-12-17(2)8-23(32)34;;/h9,11,17-19,29H,6-8,10,12-16H2,1-5H3;2*1H/t17-,18+,19+;;/m0../s1. The predicted octanol–water partition coefficient (Wildman–Crippen LogP) is 3.97. The van der Waals surface area contributed by atoms with Crippen LogP contribution >= 0.6 is 24.8 Å². The second kappa shape index (κ2) is 12.1. The molecule has 0 aromatic carbocycles. The molecule has 3 atom stereocenters. The number of halogens is 4. The highest BCUT2D eigenvalue weighted by Gasteiger charge is 2.42. The van der Waals surface area contributed by atoms with Crippen molar-refractivity contribution in [1.82, 2.24) is 20.1 Å². The average Bonchev–Trinajstić information content (AvgIpc) is 3.24. The number of piperazine rings is 1. The Morgan fingerprint density at radius 1 is 1.24 bits per heavy atom. The van der Waals surface area contributed by atoms with Crippen LogP contribution in [0.2, 0.25) is 0 Å². The van der Waals surface area contributed by atoms with Crippen LogP contribution in [0, 0.1) is 5.92 Å². The van der Waals surface area contributed by atoms with Crippen molar-refractivity contribution in [1.29, 1.82) is 0 Å². The van der Waals surface area contributed by atoms with Gasteiger partial charge in [-0.15, -0.1) is 24.8 Å². The fourth-order valence-electron chi connectivity index (χ4n) is 5.68. The third kappa shape index (κ3) is 6.72. The second-order valence-corrected chi connectivity index (χ2v) is 11.4. The Morgan fingerprint density at radius 2 is 1.95 bits per heavy atom. The van der Waals surface area contributed by atoms with Gasteiger partial charge in [0.05, 0.1) is 12.2 Å². The van der Waals surface area contributed by atoms with Crippen molar-refractivity contribution in [3.05, 3.63) is 23.5 Å². The number of hydrogen-bond donors (Lipinski definition) is 1. The van der Waals surface area contributed by atoms with Gasteiger partial charge in [0.15, 0.2) is 0 Å². The van der Waals surface area contributed by atoms with Gasteiger partial charge in [0.2, 0.25) is 11.8 Å². The maximum absolute atomic E-state index is 14.7. The molecule has 11 heteroatoms. The largest absolute Gasteiger partial charge is 0.341 e. The fourth-order valence-corrected chi connectivity index (χ4v) is 5.68. The van der Waals surface area contributed by atoms with E-state index in [0.29, 0.717) is 50.6 Å². The number of nitrogens with zero attached hydrogens (tertiary/aromatic N) is 4. The number of carbonyl (C=O) groups excluding carboxylic acids is 2. The Labute approximate surface area is 231 Å². The molecule has 0 unspecified atom stereocenters. The maximum Gasteiger partial charge on any atom is 0.289 e. The van der Waals surface area contributed by atoms with Gasteiger partial charge in [-0.3, -0.25) is 19.5 Å². The zero-order valence-corrected chi connectivity index (χ0v) is 24.1. The van der Waals surface area contributed by atoms with Crippen molar-refractivity contribution in [3.8, 4) is 0 Å². The minimum atomic E-state index is -3.02. The molecule has 3 aliphatic rings. The monoisotopic (exact) mass is 563 g/mol. The number of alkyl halides is 2. The molecule has 0 radical (unpaired) electrons. The summed E-state index contributed by atoms with van der Waals surface area (Å²) in [7, 11) is 0. The van der Waals surface area contributed by atoms with Gasteiger partial charge in [0.25, 0.3) is 5.92 Å². The van der Waals surface area contributed by atoms with Gasteiger partial charge in [-0.1, -0.05) is 34.1 Å². The Hall–Kier alpha value is -1.55. The number of fused-ring (bicyclic) bond motifs is 1. The van der Waals surface area contributed by atoms with E-state index in [9.17, 15) is 18.4 Å². The first kappa shape index (κ1) is 31.7. The molecule has 2 fully saturated rings. The molecule has 0 bridgehead atoms. The third-order valence-corrected chi connectivity index (χ3v) is 7.60. The van der Waals surface area contributed by atoms with Crippen LogP contribution in [0.1, 0.15) is 65.1 Å². The van der Waals surface area contributed by atoms with Crippen LogP contribution in [0.4, 0.5) is 14.5 Å². The van der Waals surface area contributed by atoms with Crippen molar-refractivity contribution < 1.29 is 18.4 Å². The Balaban J connectivity index is 0.00000241. The quantitative estimate of drug-likeness (QED) is 0.543. The number of pyridine rings is 1. The lowest BCUT2D eigenvalue weighted by atomic mass is 9.88. The van der Waals surface area contributed by atoms with Gasteiger partial charge >= 0.3 is 0 Å². The lowest BCUT2D eigenvalue weighted by Gasteiger charge is -2.41. The minimum absolute atomic E-state index is 0. The van der Waals surface area contributed by atoms with Crippen LogP contribution in [0.15, 0.2) is 12.3 Å². The van der Waals surface area contributed by atoms with Gasteiger partial charge in [-0.05, 0) is 18.9 Å². The lowest BCUT2D eigenvalue weighted by Crippen LogP contribution is -2.61. The smallest absolute Gasteiger partial charge is 0.289 e. The number of carbonyl (C=O) groups is 2. The van der Waals surface area contributed by atoms with Crippen molar-refractivity contribution in [2.24, 2.45) is 5.92 Å². The van der Waals surface area contributed by atoms with Gasteiger partial charge in [-0.2, -0.15) is 8.78 Å². The summed E-state index contributed by atoms with van der Waals surface area (Å²) in [5.74, 6) is -2.60. The van der Waals surface area contributed by atoms with Crippen LogP contribution in [0.3, 0.4) is 0 Å². The van der Waals surface area contributed by atoms with Gasteiger partial charge in [0.1, 0.15) is 5.69 Å². The maximum atomic E-state index is 14.7. The van der Waals surface area contributed by atoms with Gasteiger partial charge < -0.3 is 15.1 Å². The van der Waals surface area contributed by atoms with E-state index in [-0.39, 0.29) is 72.8 Å². The Bertz CT molecular complexity index is 980. The molecule has 4 heterocycles. The molecule has 210 valence electrons. The highest BCUT2D eigenvalue weighted by Crippen LogP contribution is 2.43. The van der Waals surface area contributed by atoms with E-state index >= 15 is 0 Å². The molecule has 1 aromatic heterocycles. The molecule has 0 spiro atoms. The molecule has 1 N–H and O–H groups in total. The summed E-state index contributed by atoms with van der Waals surface area (Å²) in [5.41, 5.74) is 0.724. The number of aromatic nitrogens is 1. The highest BCUT2D eigenvalue weighted by molar-refractivity contribution is 5.97. The van der Waals surface area contributed by atoms with Crippen molar-refractivity contribution in [3.63, 3.8) is 0 Å². The molecule has 0 aliphatic carbocycles. The van der Waals surface area contributed by atoms with E-state index in [1.54, 1.807) is 11.8 Å². The average molecular weight is 565 g/mol. The first-order valence-corrected chi connectivity index (χ1v) is 12.9. The molecule has 37 heavy (non-hydrogen) atoms. The van der Waals surface area contributed by atoms with Gasteiger partial charge in [-0.25, -0.2) is 0 Å². The highest BCUT2D eigenvalue weighted by atomic mass is 35.5. The lowest BCUT2D eigenvalue weighted by molar-refractivity contribution is -0.128. The summed E-state index contributed by atoms with van der Waals surface area (Å²) < 4.78 is 29.3. The summed E-state index contributed by atoms with van der Waals surface area (Å²) in [5, 5.41) is 3.47. The zero-order chi connectivity index (χ0) is 25.5. The normalized spacial score (nSPS) is 25.5. The number of likely N-dealkylation sites (tertiary alicyclic amines) is 1. The summed E-state index contributed by atoms with van der Waals surface area (Å²) in [4.78, 5) is 35.8. The predicted molar refractivity (Wildman–Crippen MR) is 146 cm³/mol. The second-order valence-electron chi connectivity index (χ2n) is 11.4. The molecular weight excluding hydrogens is 523 g/mol. The minimum Gasteiger partial charge on any atom is -0.341 e. The molecule has 7 nitrogen and oxygen atoms in total. The van der Waals surface area contributed by atoms with Crippen LogP contribution < -0.4 is 10.2 Å². The van der Waals surface area contributed by atoms with E-state index in [1.165, 1.54) is 12.3 Å². The first-order valence-electron chi connectivity index (χ1n) is 12.9. The molecule has 4 rings (SSSR count). The topological polar surface area (TPSA) is 68.8 Å². The van der Waals surface area contributed by atoms with Gasteiger partial charge in [0, 0.05) is 74.8 Å². The summed E-state index contributed by atoms with van der Waals surface area (Å²) in [6.07, 6.45) is 2.18. The number of amides is 2. The summed E-state index contributed by atoms with van der Waals surface area (Å²) >= 11 is 0. The molecule has 2 saturated heterocycles. The number of nitrogens with one attached hydrogen (secondary N) is 1. The zero-order valence-electron chi connectivity index (χ0n) is 22.4. The summed E-state index contributed by atoms with van der Waals surface area (Å²) in [6.45, 7) is 13.3. The SMILES string of the molecule is CCCC(F)(F)c1cc2c(cn1)C(C)(C)CN2C(=O)CN1C[C@@H](C)NC[C@@H]1CN1C[C@@H](C)CC1=O.Cl.Cl. The molecular formula is C26H41Cl2F2N5O2. The van der Waals surface area contributed by atoms with E-state index in [2.05, 4.69) is 29.0 Å². The van der Waals surface area contributed by atoms with Crippen LogP contribution in [0.5, 0.6) is 0 Å². The molecule has 1 aromatic rings. The van der Waals surface area contributed by atoms with Crippen LogP contribution in [-0.4, -0.2) is 78.0 Å². The van der Waals surface area contributed by atoms with Crippen molar-refractivity contribution in [2.45, 2.75) is 77.3 Å². The number of hydrogen-bond acceptors (Lipinski definition) is 5. The Morgan fingerprint density at radius 3 is 2.57 bits per heavy atom. The molecule has 3 aliphatic heterocycles. The van der Waals surface area contributed by atoms with E-state index in [4.69, 9.17) is 0 Å². The summed E-state index contributed by atoms with van der Waals surface area (Å²) in [6, 6.07) is 1.67. The number of anilines is 1. The first-order chi connectivity index (χ1) is 16.4. The van der Waals surface area contributed by atoms with E-state index in [1.807, 2.05) is 18.7 Å². The molecule has 2 amide bonds. The Kier molecular flexibility index (Phi) is 10.4. The van der Waals surface area contributed by atoms with Crippen LogP contribution in [-0.2, 0) is 20.9 Å². The molecule has 0 saturated carbocycles. The number of rotatable bonds is 7.